The predicted molar refractivity (Wildman–Crippen MR) is 87.3 cm³/mol. The van der Waals surface area contributed by atoms with E-state index < -0.39 is 5.92 Å². The van der Waals surface area contributed by atoms with E-state index in [9.17, 15) is 8.78 Å². The van der Waals surface area contributed by atoms with Gasteiger partial charge in [-0.15, -0.1) is 0 Å². The van der Waals surface area contributed by atoms with Gasteiger partial charge in [-0.2, -0.15) is 0 Å². The number of benzene rings is 2. The van der Waals surface area contributed by atoms with Crippen molar-refractivity contribution >= 4 is 5.69 Å². The van der Waals surface area contributed by atoms with E-state index in [-0.39, 0.29) is 5.56 Å². The first-order valence-corrected chi connectivity index (χ1v) is 7.38. The Labute approximate surface area is 130 Å². The lowest BCUT2D eigenvalue weighted by Gasteiger charge is -2.13. The monoisotopic (exact) mass is 304 g/mol. The standard InChI is InChI=1S/C18H22F2N2/c1-13(21-3)15-6-4-14(5-7-15)12-22-17-10-8-16(9-11-17)18(2,19)20/h4-11,13,21-22H,12H2,1-3H3. The van der Waals surface area contributed by atoms with Crippen LogP contribution in [0.4, 0.5) is 14.5 Å². The van der Waals surface area contributed by atoms with Crippen LogP contribution in [0.1, 0.15) is 36.6 Å². The SMILES string of the molecule is CNC(C)c1ccc(CNc2ccc(C(C)(F)F)cc2)cc1. The minimum Gasteiger partial charge on any atom is -0.381 e. The van der Waals surface area contributed by atoms with E-state index in [2.05, 4.69) is 41.8 Å². The fraction of sp³-hybridized carbons (Fsp3) is 0.333. The molecule has 2 aromatic carbocycles. The maximum absolute atomic E-state index is 13.1. The second-order valence-corrected chi connectivity index (χ2v) is 5.57. The van der Waals surface area contributed by atoms with Crippen LogP contribution >= 0.6 is 0 Å². The lowest BCUT2D eigenvalue weighted by atomic mass is 10.1. The van der Waals surface area contributed by atoms with E-state index in [0.717, 1.165) is 18.2 Å². The molecule has 0 aromatic heterocycles. The number of anilines is 1. The zero-order valence-electron chi connectivity index (χ0n) is 13.2. The van der Waals surface area contributed by atoms with Gasteiger partial charge in [-0.25, -0.2) is 8.78 Å². The maximum atomic E-state index is 13.1. The Balaban J connectivity index is 1.95. The molecule has 2 nitrogen and oxygen atoms in total. The molecular formula is C18H22F2N2. The Hall–Kier alpha value is -1.94. The van der Waals surface area contributed by atoms with Crippen molar-refractivity contribution in [2.75, 3.05) is 12.4 Å². The number of alkyl halides is 2. The molecule has 0 bridgehead atoms. The Kier molecular flexibility index (Phi) is 5.14. The van der Waals surface area contributed by atoms with Crippen molar-refractivity contribution in [3.63, 3.8) is 0 Å². The molecule has 118 valence electrons. The van der Waals surface area contributed by atoms with Crippen molar-refractivity contribution in [3.8, 4) is 0 Å². The molecule has 22 heavy (non-hydrogen) atoms. The summed E-state index contributed by atoms with van der Waals surface area (Å²) in [5, 5.41) is 6.44. The summed E-state index contributed by atoms with van der Waals surface area (Å²) < 4.78 is 26.3. The molecule has 1 unspecified atom stereocenters. The fourth-order valence-corrected chi connectivity index (χ4v) is 2.18. The third kappa shape index (κ3) is 4.28. The van der Waals surface area contributed by atoms with Crippen molar-refractivity contribution in [2.24, 2.45) is 0 Å². The highest BCUT2D eigenvalue weighted by atomic mass is 19.3. The van der Waals surface area contributed by atoms with Crippen LogP contribution in [0.5, 0.6) is 0 Å². The van der Waals surface area contributed by atoms with Crippen molar-refractivity contribution in [1.82, 2.24) is 5.32 Å². The first-order valence-electron chi connectivity index (χ1n) is 7.38. The minimum absolute atomic E-state index is 0.0310. The summed E-state index contributed by atoms with van der Waals surface area (Å²) in [4.78, 5) is 0. The summed E-state index contributed by atoms with van der Waals surface area (Å²) in [6.45, 7) is 3.68. The van der Waals surface area contributed by atoms with Gasteiger partial charge in [-0.05, 0) is 37.2 Å². The first kappa shape index (κ1) is 16.4. The molecule has 0 saturated heterocycles. The van der Waals surface area contributed by atoms with Crippen LogP contribution in [0.2, 0.25) is 0 Å². The summed E-state index contributed by atoms with van der Waals surface area (Å²) in [6, 6.07) is 15.0. The van der Waals surface area contributed by atoms with Crippen molar-refractivity contribution in [2.45, 2.75) is 32.4 Å². The summed E-state index contributed by atoms with van der Waals surface area (Å²) in [5.74, 6) is -2.79. The maximum Gasteiger partial charge on any atom is 0.270 e. The smallest absolute Gasteiger partial charge is 0.270 e. The molecule has 4 heteroatoms. The first-order chi connectivity index (χ1) is 10.4. The lowest BCUT2D eigenvalue weighted by Crippen LogP contribution is -2.12. The van der Waals surface area contributed by atoms with Gasteiger partial charge in [0.15, 0.2) is 0 Å². The molecule has 0 radical (unpaired) electrons. The highest BCUT2D eigenvalue weighted by molar-refractivity contribution is 5.46. The molecule has 0 saturated carbocycles. The Morgan fingerprint density at radius 2 is 1.59 bits per heavy atom. The van der Waals surface area contributed by atoms with Crippen molar-refractivity contribution in [1.29, 1.82) is 0 Å². The van der Waals surface area contributed by atoms with E-state index in [4.69, 9.17) is 0 Å². The Bertz CT molecular complexity index is 586. The topological polar surface area (TPSA) is 24.1 Å². The predicted octanol–water partition coefficient (Wildman–Crippen LogP) is 4.69. The summed E-state index contributed by atoms with van der Waals surface area (Å²) in [7, 11) is 1.93. The molecule has 0 fully saturated rings. The molecule has 0 aliphatic rings. The molecule has 2 N–H and O–H groups in total. The van der Waals surface area contributed by atoms with Gasteiger partial charge < -0.3 is 10.6 Å². The molecule has 2 aromatic rings. The molecule has 0 aliphatic carbocycles. The second-order valence-electron chi connectivity index (χ2n) is 5.57. The molecule has 0 spiro atoms. The van der Waals surface area contributed by atoms with E-state index in [1.807, 2.05) is 7.05 Å². The van der Waals surface area contributed by atoms with E-state index in [1.54, 1.807) is 12.1 Å². The Morgan fingerprint density at radius 3 is 2.09 bits per heavy atom. The zero-order valence-corrected chi connectivity index (χ0v) is 13.2. The average molecular weight is 304 g/mol. The third-order valence-electron chi connectivity index (χ3n) is 3.80. The quantitative estimate of drug-likeness (QED) is 0.809. The van der Waals surface area contributed by atoms with Crippen molar-refractivity contribution in [3.05, 3.63) is 65.2 Å². The highest BCUT2D eigenvalue weighted by Crippen LogP contribution is 2.27. The van der Waals surface area contributed by atoms with Gasteiger partial charge >= 0.3 is 0 Å². The van der Waals surface area contributed by atoms with Crippen LogP contribution in [0.3, 0.4) is 0 Å². The Morgan fingerprint density at radius 1 is 1.00 bits per heavy atom. The lowest BCUT2D eigenvalue weighted by molar-refractivity contribution is 0.0175. The van der Waals surface area contributed by atoms with Crippen LogP contribution in [0.15, 0.2) is 48.5 Å². The van der Waals surface area contributed by atoms with E-state index in [1.165, 1.54) is 17.7 Å². The second kappa shape index (κ2) is 6.88. The van der Waals surface area contributed by atoms with Crippen LogP contribution in [-0.2, 0) is 12.5 Å². The number of rotatable bonds is 6. The van der Waals surface area contributed by atoms with Crippen LogP contribution in [-0.4, -0.2) is 7.05 Å². The van der Waals surface area contributed by atoms with Crippen molar-refractivity contribution < 1.29 is 8.78 Å². The minimum atomic E-state index is -2.79. The summed E-state index contributed by atoms with van der Waals surface area (Å²) >= 11 is 0. The summed E-state index contributed by atoms with van der Waals surface area (Å²) in [5.41, 5.74) is 3.25. The zero-order chi connectivity index (χ0) is 16.2. The molecular weight excluding hydrogens is 282 g/mol. The largest absolute Gasteiger partial charge is 0.381 e. The number of hydrogen-bond donors (Lipinski definition) is 2. The fourth-order valence-electron chi connectivity index (χ4n) is 2.18. The van der Waals surface area contributed by atoms with Gasteiger partial charge in [0.25, 0.3) is 5.92 Å². The average Bonchev–Trinajstić information content (AvgIpc) is 2.52. The molecule has 1 atom stereocenters. The summed E-state index contributed by atoms with van der Waals surface area (Å²) in [6.07, 6.45) is 0. The van der Waals surface area contributed by atoms with Gasteiger partial charge in [0.05, 0.1) is 0 Å². The number of nitrogens with one attached hydrogen (secondary N) is 2. The molecule has 0 amide bonds. The highest BCUT2D eigenvalue weighted by Gasteiger charge is 2.23. The van der Waals surface area contributed by atoms with Gasteiger partial charge in [0, 0.05) is 30.8 Å². The van der Waals surface area contributed by atoms with Crippen LogP contribution < -0.4 is 10.6 Å². The molecule has 0 heterocycles. The van der Waals surface area contributed by atoms with Crippen LogP contribution in [0, 0.1) is 0 Å². The number of hydrogen-bond acceptors (Lipinski definition) is 2. The van der Waals surface area contributed by atoms with E-state index in [0.29, 0.717) is 12.6 Å². The van der Waals surface area contributed by atoms with Gasteiger partial charge in [0.2, 0.25) is 0 Å². The number of halogens is 2. The third-order valence-corrected chi connectivity index (χ3v) is 3.80. The van der Waals surface area contributed by atoms with Gasteiger partial charge in [0.1, 0.15) is 0 Å². The molecule has 0 aliphatic heterocycles. The normalized spacial score (nSPS) is 13.0. The van der Waals surface area contributed by atoms with Crippen LogP contribution in [0.25, 0.3) is 0 Å². The molecule has 2 rings (SSSR count). The van der Waals surface area contributed by atoms with E-state index >= 15 is 0 Å². The van der Waals surface area contributed by atoms with Gasteiger partial charge in [-0.1, -0.05) is 36.4 Å². The van der Waals surface area contributed by atoms with Gasteiger partial charge in [-0.3, -0.25) is 0 Å².